The first-order chi connectivity index (χ1) is 15.7. The Morgan fingerprint density at radius 2 is 2.00 bits per heavy atom. The maximum atomic E-state index is 12.3. The number of carbonyl (C=O) groups is 1. The van der Waals surface area contributed by atoms with Crippen molar-refractivity contribution in [2.75, 3.05) is 39.1 Å². The minimum atomic E-state index is -0.0945. The normalized spacial score (nSPS) is 16.6. The third-order valence-corrected chi connectivity index (χ3v) is 5.89. The Morgan fingerprint density at radius 3 is 2.78 bits per heavy atom. The number of hydrogen-bond donors (Lipinski definition) is 1. The van der Waals surface area contributed by atoms with Gasteiger partial charge >= 0.3 is 0 Å². The third-order valence-electron chi connectivity index (χ3n) is 5.07. The van der Waals surface area contributed by atoms with Crippen molar-refractivity contribution in [3.8, 4) is 17.2 Å². The second-order valence-corrected chi connectivity index (χ2v) is 8.33. The van der Waals surface area contributed by atoms with Gasteiger partial charge in [0.25, 0.3) is 5.22 Å². The zero-order valence-corrected chi connectivity index (χ0v) is 18.7. The summed E-state index contributed by atoms with van der Waals surface area (Å²) in [6.45, 7) is 3.71. The van der Waals surface area contributed by atoms with E-state index in [-0.39, 0.29) is 17.8 Å². The third kappa shape index (κ3) is 6.32. The number of benzene rings is 2. The zero-order valence-electron chi connectivity index (χ0n) is 17.9. The maximum absolute atomic E-state index is 12.3. The molecule has 0 bridgehead atoms. The first-order valence-corrected chi connectivity index (χ1v) is 11.4. The topological polar surface area (TPSA) is 89.7 Å². The minimum Gasteiger partial charge on any atom is -0.497 e. The predicted molar refractivity (Wildman–Crippen MR) is 121 cm³/mol. The first kappa shape index (κ1) is 22.3. The van der Waals surface area contributed by atoms with Crippen molar-refractivity contribution in [1.82, 2.24) is 20.4 Å². The molecule has 1 unspecified atom stereocenters. The Morgan fingerprint density at radius 1 is 1.19 bits per heavy atom. The molecule has 0 radical (unpaired) electrons. The van der Waals surface area contributed by atoms with E-state index in [4.69, 9.17) is 13.9 Å². The molecule has 1 atom stereocenters. The van der Waals surface area contributed by atoms with Crippen LogP contribution in [0.25, 0.3) is 11.5 Å². The average molecular weight is 455 g/mol. The number of amides is 1. The van der Waals surface area contributed by atoms with E-state index >= 15 is 0 Å². The van der Waals surface area contributed by atoms with Gasteiger partial charge in [-0.3, -0.25) is 9.69 Å². The molecule has 2 heterocycles. The summed E-state index contributed by atoms with van der Waals surface area (Å²) in [5, 5.41) is 11.4. The van der Waals surface area contributed by atoms with Gasteiger partial charge in [0, 0.05) is 31.7 Å². The van der Waals surface area contributed by atoms with Gasteiger partial charge in [-0.25, -0.2) is 0 Å². The van der Waals surface area contributed by atoms with Crippen LogP contribution in [0.15, 0.2) is 64.2 Å². The van der Waals surface area contributed by atoms with E-state index in [1.54, 1.807) is 7.11 Å². The summed E-state index contributed by atoms with van der Waals surface area (Å²) in [6.07, 6.45) is -0.0218. The van der Waals surface area contributed by atoms with Gasteiger partial charge in [-0.2, -0.15) is 0 Å². The SMILES string of the molecule is COc1ccc(-c2nnc(SCC(=O)NCC3CN(Cc4ccccc4)CCO3)o2)cc1. The molecule has 168 valence electrons. The van der Waals surface area contributed by atoms with Crippen LogP contribution in [0, 0.1) is 0 Å². The summed E-state index contributed by atoms with van der Waals surface area (Å²) < 4.78 is 16.6. The highest BCUT2D eigenvalue weighted by Crippen LogP contribution is 2.24. The number of morpholine rings is 1. The highest BCUT2D eigenvalue weighted by atomic mass is 32.2. The maximum Gasteiger partial charge on any atom is 0.277 e. The van der Waals surface area contributed by atoms with Crippen molar-refractivity contribution < 1.29 is 18.7 Å². The van der Waals surface area contributed by atoms with Crippen molar-refractivity contribution in [3.05, 3.63) is 60.2 Å². The Labute approximate surface area is 191 Å². The van der Waals surface area contributed by atoms with Crippen LogP contribution in [0.1, 0.15) is 5.56 Å². The van der Waals surface area contributed by atoms with Gasteiger partial charge in [0.05, 0.1) is 25.6 Å². The molecular formula is C23H26N4O4S. The lowest BCUT2D eigenvalue weighted by Gasteiger charge is -2.33. The van der Waals surface area contributed by atoms with E-state index in [9.17, 15) is 4.79 Å². The predicted octanol–water partition coefficient (Wildman–Crippen LogP) is 2.85. The molecule has 0 saturated carbocycles. The summed E-state index contributed by atoms with van der Waals surface area (Å²) in [5.74, 6) is 1.27. The molecule has 0 aliphatic carbocycles. The fourth-order valence-corrected chi connectivity index (χ4v) is 4.01. The molecule has 1 N–H and O–H groups in total. The van der Waals surface area contributed by atoms with E-state index < -0.39 is 0 Å². The van der Waals surface area contributed by atoms with E-state index in [0.29, 0.717) is 24.3 Å². The standard InChI is InChI=1S/C23H26N4O4S/c1-29-19-9-7-18(8-10-19)22-25-26-23(31-22)32-16-21(28)24-13-20-15-27(11-12-30-20)14-17-5-3-2-4-6-17/h2-10,20H,11-16H2,1H3,(H,24,28). The van der Waals surface area contributed by atoms with Gasteiger partial charge in [-0.05, 0) is 29.8 Å². The summed E-state index contributed by atoms with van der Waals surface area (Å²) in [5.41, 5.74) is 2.08. The average Bonchev–Trinajstić information content (AvgIpc) is 3.31. The van der Waals surface area contributed by atoms with Crippen LogP contribution in [-0.4, -0.2) is 66.2 Å². The van der Waals surface area contributed by atoms with Crippen LogP contribution in [0.3, 0.4) is 0 Å². The molecule has 2 aromatic carbocycles. The Hall–Kier alpha value is -2.88. The Kier molecular flexibility index (Phi) is 7.76. The van der Waals surface area contributed by atoms with Crippen LogP contribution < -0.4 is 10.1 Å². The summed E-state index contributed by atoms with van der Waals surface area (Å²) in [7, 11) is 1.61. The summed E-state index contributed by atoms with van der Waals surface area (Å²) >= 11 is 1.21. The molecule has 1 fully saturated rings. The molecule has 4 rings (SSSR count). The number of nitrogens with zero attached hydrogens (tertiary/aromatic N) is 3. The second-order valence-electron chi connectivity index (χ2n) is 7.41. The molecule has 32 heavy (non-hydrogen) atoms. The van der Waals surface area contributed by atoms with Crippen LogP contribution in [-0.2, 0) is 16.1 Å². The van der Waals surface area contributed by atoms with Gasteiger partial charge in [-0.1, -0.05) is 42.1 Å². The number of rotatable bonds is 9. The molecular weight excluding hydrogens is 428 g/mol. The molecule has 9 heteroatoms. The fourth-order valence-electron chi connectivity index (χ4n) is 3.41. The number of methoxy groups -OCH3 is 1. The molecule has 1 saturated heterocycles. The number of aromatic nitrogens is 2. The van der Waals surface area contributed by atoms with Gasteiger partial charge in [0.1, 0.15) is 5.75 Å². The quantitative estimate of drug-likeness (QED) is 0.494. The first-order valence-electron chi connectivity index (χ1n) is 10.4. The lowest BCUT2D eigenvalue weighted by atomic mass is 10.2. The van der Waals surface area contributed by atoms with Gasteiger partial charge in [-0.15, -0.1) is 10.2 Å². The van der Waals surface area contributed by atoms with Crippen LogP contribution >= 0.6 is 11.8 Å². The smallest absolute Gasteiger partial charge is 0.277 e. The minimum absolute atomic E-state index is 0.0218. The molecule has 1 aliphatic rings. The van der Waals surface area contributed by atoms with Gasteiger partial charge in [0.15, 0.2) is 0 Å². The van der Waals surface area contributed by atoms with E-state index in [0.717, 1.165) is 30.9 Å². The second kappa shape index (κ2) is 11.1. The molecule has 3 aromatic rings. The number of thioether (sulfide) groups is 1. The van der Waals surface area contributed by atoms with Crippen molar-refractivity contribution in [1.29, 1.82) is 0 Å². The lowest BCUT2D eigenvalue weighted by molar-refractivity contribution is -0.119. The molecule has 1 aromatic heterocycles. The summed E-state index contributed by atoms with van der Waals surface area (Å²) in [6, 6.07) is 17.7. The molecule has 1 amide bonds. The lowest BCUT2D eigenvalue weighted by Crippen LogP contribution is -2.47. The van der Waals surface area contributed by atoms with Crippen LogP contribution in [0.4, 0.5) is 0 Å². The van der Waals surface area contributed by atoms with Crippen molar-refractivity contribution in [2.45, 2.75) is 17.9 Å². The van der Waals surface area contributed by atoms with Crippen LogP contribution in [0.2, 0.25) is 0 Å². The largest absolute Gasteiger partial charge is 0.497 e. The van der Waals surface area contributed by atoms with Crippen molar-refractivity contribution in [3.63, 3.8) is 0 Å². The fraction of sp³-hybridized carbons (Fsp3) is 0.348. The summed E-state index contributed by atoms with van der Waals surface area (Å²) in [4.78, 5) is 14.6. The monoisotopic (exact) mass is 454 g/mol. The van der Waals surface area contributed by atoms with Crippen molar-refractivity contribution in [2.24, 2.45) is 0 Å². The van der Waals surface area contributed by atoms with Gasteiger partial charge < -0.3 is 19.2 Å². The van der Waals surface area contributed by atoms with Crippen LogP contribution in [0.5, 0.6) is 5.75 Å². The number of hydrogen-bond acceptors (Lipinski definition) is 8. The number of ether oxygens (including phenoxy) is 2. The van der Waals surface area contributed by atoms with E-state index in [1.165, 1.54) is 17.3 Å². The Balaban J connectivity index is 1.19. The number of carbonyl (C=O) groups excluding carboxylic acids is 1. The highest BCUT2D eigenvalue weighted by molar-refractivity contribution is 7.99. The molecule has 0 spiro atoms. The molecule has 8 nitrogen and oxygen atoms in total. The number of nitrogens with one attached hydrogen (secondary N) is 1. The Bertz CT molecular complexity index is 997. The zero-order chi connectivity index (χ0) is 22.2. The van der Waals surface area contributed by atoms with E-state index in [1.807, 2.05) is 30.3 Å². The van der Waals surface area contributed by atoms with Gasteiger partial charge in [0.2, 0.25) is 11.8 Å². The van der Waals surface area contributed by atoms with E-state index in [2.05, 4.69) is 44.7 Å². The van der Waals surface area contributed by atoms with Crippen molar-refractivity contribution >= 4 is 17.7 Å². The highest BCUT2D eigenvalue weighted by Gasteiger charge is 2.21. The molecule has 1 aliphatic heterocycles.